The molecule has 0 aliphatic carbocycles. The fraction of sp³-hybridized carbons (Fsp3) is 0.333. The van der Waals surface area contributed by atoms with Gasteiger partial charge in [-0.2, -0.15) is 11.0 Å². The Kier molecular flexibility index (Phi) is 7.87. The van der Waals surface area contributed by atoms with E-state index in [0.29, 0.717) is 0 Å². The smallest absolute Gasteiger partial charge is 0.807 e. The van der Waals surface area contributed by atoms with Crippen molar-refractivity contribution in [3.8, 4) is 6.07 Å². The normalized spacial score (nSPS) is 10.5. The van der Waals surface area contributed by atoms with Gasteiger partial charge in [-0.05, 0) is 12.5 Å². The standard InChI is InChI=1S/C6H7N2O.K/c1-4(5(2)8)6(9)3-7;/h9H,1-2H3;/q-1;+1/b6-4-;. The van der Waals surface area contributed by atoms with E-state index in [1.807, 2.05) is 0 Å². The Balaban J connectivity index is 0. The molecule has 0 rings (SSSR count). The first-order chi connectivity index (χ1) is 4.09. The molecule has 0 radical (unpaired) electrons. The van der Waals surface area contributed by atoms with Crippen molar-refractivity contribution in [1.82, 2.24) is 0 Å². The second kappa shape index (κ2) is 6.07. The van der Waals surface area contributed by atoms with Crippen LogP contribution >= 0.6 is 0 Å². The molecule has 0 unspecified atom stereocenters. The van der Waals surface area contributed by atoms with Crippen molar-refractivity contribution >= 4 is 5.71 Å². The van der Waals surface area contributed by atoms with E-state index in [9.17, 15) is 0 Å². The van der Waals surface area contributed by atoms with Crippen LogP contribution in [0.2, 0.25) is 0 Å². The molecule has 0 atom stereocenters. The Morgan fingerprint density at radius 2 is 1.90 bits per heavy atom. The fourth-order valence-corrected chi connectivity index (χ4v) is 0.255. The van der Waals surface area contributed by atoms with Crippen LogP contribution in [-0.4, -0.2) is 10.8 Å². The van der Waals surface area contributed by atoms with E-state index in [0.717, 1.165) is 0 Å². The molecular formula is C6H7KN2O. The first-order valence-electron chi connectivity index (χ1n) is 2.42. The van der Waals surface area contributed by atoms with Crippen LogP contribution in [-0.2, 0) is 0 Å². The van der Waals surface area contributed by atoms with Crippen molar-refractivity contribution in [2.45, 2.75) is 13.8 Å². The molecule has 0 fully saturated rings. The number of aliphatic hydroxyl groups is 1. The summed E-state index contributed by atoms with van der Waals surface area (Å²) in [6.45, 7) is 2.87. The van der Waals surface area contributed by atoms with Crippen molar-refractivity contribution in [3.63, 3.8) is 0 Å². The van der Waals surface area contributed by atoms with Crippen LogP contribution < -0.4 is 51.4 Å². The topological polar surface area (TPSA) is 66.3 Å². The Bertz CT molecular complexity index is 202. The van der Waals surface area contributed by atoms with Gasteiger partial charge in [0.15, 0.2) is 5.76 Å². The van der Waals surface area contributed by atoms with Gasteiger partial charge in [0.2, 0.25) is 0 Å². The van der Waals surface area contributed by atoms with E-state index >= 15 is 0 Å². The quantitative estimate of drug-likeness (QED) is 0.165. The van der Waals surface area contributed by atoms with Crippen molar-refractivity contribution in [2.75, 3.05) is 0 Å². The first kappa shape index (κ1) is 13.0. The molecule has 0 aromatic heterocycles. The number of rotatable bonds is 1. The Labute approximate surface area is 103 Å². The first-order valence-corrected chi connectivity index (χ1v) is 2.42. The van der Waals surface area contributed by atoms with Gasteiger partial charge in [-0.1, -0.05) is 6.92 Å². The molecule has 1 N–H and O–H groups in total. The van der Waals surface area contributed by atoms with Crippen LogP contribution in [0.15, 0.2) is 11.3 Å². The number of aliphatic hydroxyl groups excluding tert-OH is 1. The summed E-state index contributed by atoms with van der Waals surface area (Å²) < 4.78 is 0. The van der Waals surface area contributed by atoms with E-state index in [-0.39, 0.29) is 62.7 Å². The maximum Gasteiger partial charge on any atom is 1.00 e. The van der Waals surface area contributed by atoms with Gasteiger partial charge < -0.3 is 10.5 Å². The van der Waals surface area contributed by atoms with Gasteiger partial charge in [0, 0.05) is 0 Å². The summed E-state index contributed by atoms with van der Waals surface area (Å²) in [7, 11) is 0. The molecule has 0 aliphatic rings. The summed E-state index contributed by atoms with van der Waals surface area (Å²) in [5.41, 5.74) is 0.187. The third-order valence-corrected chi connectivity index (χ3v) is 1.00. The fourth-order valence-electron chi connectivity index (χ4n) is 0.255. The van der Waals surface area contributed by atoms with Crippen LogP contribution in [0, 0.1) is 11.3 Å². The summed E-state index contributed by atoms with van der Waals surface area (Å²) in [6, 6.07) is 1.50. The number of allylic oxidation sites excluding steroid dienone is 2. The van der Waals surface area contributed by atoms with Crippen molar-refractivity contribution in [1.29, 1.82) is 5.26 Å². The predicted molar refractivity (Wildman–Crippen MR) is 35.0 cm³/mol. The third kappa shape index (κ3) is 4.20. The van der Waals surface area contributed by atoms with E-state index in [1.165, 1.54) is 19.9 Å². The average Bonchev–Trinajstić information content (AvgIpc) is 1.84. The molecule has 0 aliphatic heterocycles. The maximum atomic E-state index is 8.67. The Morgan fingerprint density at radius 1 is 1.50 bits per heavy atom. The predicted octanol–water partition coefficient (Wildman–Crippen LogP) is -1.62. The third-order valence-electron chi connectivity index (χ3n) is 1.00. The van der Waals surface area contributed by atoms with Crippen LogP contribution in [0.4, 0.5) is 0 Å². The minimum atomic E-state index is -0.435. The van der Waals surface area contributed by atoms with E-state index < -0.39 is 5.76 Å². The van der Waals surface area contributed by atoms with Crippen molar-refractivity contribution in [3.05, 3.63) is 16.7 Å². The molecule has 10 heavy (non-hydrogen) atoms. The minimum absolute atomic E-state index is 0. The van der Waals surface area contributed by atoms with Gasteiger partial charge >= 0.3 is 51.4 Å². The van der Waals surface area contributed by atoms with Crippen LogP contribution in [0.3, 0.4) is 0 Å². The molecule has 3 nitrogen and oxygen atoms in total. The average molecular weight is 162 g/mol. The monoisotopic (exact) mass is 162 g/mol. The molecular weight excluding hydrogens is 155 g/mol. The minimum Gasteiger partial charge on any atom is -0.807 e. The Morgan fingerprint density at radius 3 is 2.00 bits per heavy atom. The van der Waals surface area contributed by atoms with Gasteiger partial charge in [0.1, 0.15) is 6.07 Å². The van der Waals surface area contributed by atoms with Crippen molar-refractivity contribution < 1.29 is 56.5 Å². The molecule has 48 valence electrons. The molecule has 0 bridgehead atoms. The molecule has 0 aromatic rings. The van der Waals surface area contributed by atoms with Crippen LogP contribution in [0.1, 0.15) is 13.8 Å². The zero-order chi connectivity index (χ0) is 7.44. The van der Waals surface area contributed by atoms with Crippen LogP contribution in [0.5, 0.6) is 0 Å². The summed E-state index contributed by atoms with van der Waals surface area (Å²) >= 11 is 0. The SMILES string of the molecule is CC(=[N-])/C(C)=C(\O)C#N.[K+]. The Hall–Kier alpha value is 0.336. The van der Waals surface area contributed by atoms with E-state index in [1.54, 1.807) is 0 Å². The zero-order valence-corrected chi connectivity index (χ0v) is 9.46. The summed E-state index contributed by atoms with van der Waals surface area (Å²) in [4.78, 5) is 0. The van der Waals surface area contributed by atoms with Crippen LogP contribution in [0.25, 0.3) is 5.41 Å². The van der Waals surface area contributed by atoms with Gasteiger partial charge in [0.25, 0.3) is 0 Å². The number of nitrogens with zero attached hydrogens (tertiary/aromatic N) is 2. The summed E-state index contributed by atoms with van der Waals surface area (Å²) in [5.74, 6) is -0.435. The van der Waals surface area contributed by atoms with Gasteiger partial charge in [0.05, 0.1) is 0 Å². The van der Waals surface area contributed by atoms with Gasteiger partial charge in [-0.3, -0.25) is 0 Å². The zero-order valence-electron chi connectivity index (χ0n) is 6.34. The molecule has 0 saturated heterocycles. The molecule has 0 aromatic carbocycles. The number of nitriles is 1. The summed E-state index contributed by atoms with van der Waals surface area (Å²) in [5, 5.41) is 25.4. The van der Waals surface area contributed by atoms with E-state index in [2.05, 4.69) is 0 Å². The van der Waals surface area contributed by atoms with E-state index in [4.69, 9.17) is 15.8 Å². The second-order valence-corrected chi connectivity index (χ2v) is 1.67. The van der Waals surface area contributed by atoms with Crippen molar-refractivity contribution in [2.24, 2.45) is 0 Å². The maximum absolute atomic E-state index is 8.67. The molecule has 0 spiro atoms. The van der Waals surface area contributed by atoms with Gasteiger partial charge in [-0.15, -0.1) is 0 Å². The number of hydrogen-bond acceptors (Lipinski definition) is 2. The van der Waals surface area contributed by atoms with Gasteiger partial charge in [-0.25, -0.2) is 0 Å². The molecule has 0 heterocycles. The second-order valence-electron chi connectivity index (χ2n) is 1.67. The molecule has 0 saturated carbocycles. The largest absolute Gasteiger partial charge is 1.00 e. The molecule has 4 heteroatoms. The molecule has 0 amide bonds. The number of hydrogen-bond donors (Lipinski definition) is 1. The summed E-state index contributed by atoms with van der Waals surface area (Å²) in [6.07, 6.45) is 0.